The first-order valence-corrected chi connectivity index (χ1v) is 6.52. The molecule has 1 aliphatic rings. The molecule has 1 heterocycles. The number of esters is 2. The fourth-order valence-electron chi connectivity index (χ4n) is 1.31. The summed E-state index contributed by atoms with van der Waals surface area (Å²) in [5, 5.41) is 0. The molecule has 0 bridgehead atoms. The van der Waals surface area contributed by atoms with Gasteiger partial charge in [-0.1, -0.05) is 30.3 Å². The lowest BCUT2D eigenvalue weighted by molar-refractivity contribution is -0.150. The zero-order valence-electron chi connectivity index (χ0n) is 9.48. The van der Waals surface area contributed by atoms with Gasteiger partial charge in [0, 0.05) is 0 Å². The van der Waals surface area contributed by atoms with E-state index in [2.05, 4.69) is 8.92 Å². The van der Waals surface area contributed by atoms with Crippen LogP contribution in [-0.4, -0.2) is 20.4 Å². The summed E-state index contributed by atoms with van der Waals surface area (Å²) in [6, 6.07) is 8.81. The van der Waals surface area contributed by atoms with Crippen LogP contribution in [0.5, 0.6) is 0 Å². The molecule has 0 amide bonds. The Morgan fingerprint density at radius 2 is 1.79 bits per heavy atom. The molecule has 0 fully saturated rings. The highest BCUT2D eigenvalue weighted by molar-refractivity contribution is 7.91. The van der Waals surface area contributed by atoms with E-state index < -0.39 is 27.0 Å². The zero-order valence-corrected chi connectivity index (χ0v) is 10.3. The van der Waals surface area contributed by atoms with E-state index >= 15 is 0 Å². The topological polar surface area (TPSA) is 86.7 Å². The summed E-state index contributed by atoms with van der Waals surface area (Å²) in [5.74, 6) is -2.27. The van der Waals surface area contributed by atoms with Crippen molar-refractivity contribution in [3.05, 3.63) is 53.1 Å². The minimum absolute atomic E-state index is 0.577. The first kappa shape index (κ1) is 13.0. The van der Waals surface area contributed by atoms with Gasteiger partial charge in [0.05, 0.1) is 6.08 Å². The Morgan fingerprint density at radius 1 is 1.11 bits per heavy atom. The molecule has 1 aliphatic heterocycles. The van der Waals surface area contributed by atoms with Crippen molar-refractivity contribution >= 4 is 28.1 Å². The molecule has 0 unspecified atom stereocenters. The number of hydrogen-bond acceptors (Lipinski definition) is 6. The summed E-state index contributed by atoms with van der Waals surface area (Å²) in [4.78, 5) is 21.0. The van der Waals surface area contributed by atoms with Crippen LogP contribution in [0.2, 0.25) is 0 Å². The van der Waals surface area contributed by atoms with Gasteiger partial charge in [0.15, 0.2) is 4.91 Å². The highest BCUT2D eigenvalue weighted by Crippen LogP contribution is 2.17. The second-order valence-corrected chi connectivity index (χ2v) is 5.02. The van der Waals surface area contributed by atoms with Crippen LogP contribution in [0.3, 0.4) is 0 Å². The van der Waals surface area contributed by atoms with Crippen LogP contribution in [0.15, 0.2) is 47.6 Å². The first-order valence-electron chi connectivity index (χ1n) is 5.12. The van der Waals surface area contributed by atoms with Crippen LogP contribution in [0.25, 0.3) is 6.08 Å². The van der Waals surface area contributed by atoms with Crippen LogP contribution in [0.1, 0.15) is 5.56 Å². The number of benzene rings is 1. The molecule has 19 heavy (non-hydrogen) atoms. The van der Waals surface area contributed by atoms with Gasteiger partial charge in [-0.3, -0.25) is 0 Å². The van der Waals surface area contributed by atoms with E-state index in [0.717, 1.165) is 11.8 Å². The van der Waals surface area contributed by atoms with Crippen molar-refractivity contribution in [3.8, 4) is 0 Å². The van der Waals surface area contributed by atoms with Crippen molar-refractivity contribution in [3.63, 3.8) is 0 Å². The molecule has 1 aromatic rings. The Hall–Kier alpha value is -2.41. The lowest BCUT2D eigenvalue weighted by Crippen LogP contribution is -2.12. The zero-order chi connectivity index (χ0) is 13.9. The Bertz CT molecular complexity index is 669. The first-order chi connectivity index (χ1) is 8.99. The van der Waals surface area contributed by atoms with Crippen LogP contribution < -0.4 is 0 Å². The Morgan fingerprint density at radius 3 is 2.37 bits per heavy atom. The Kier molecular flexibility index (Phi) is 3.48. The molecule has 0 N–H and O–H groups in total. The summed E-state index contributed by atoms with van der Waals surface area (Å²) in [5.41, 5.74) is 0.719. The molecular weight excluding hydrogens is 272 g/mol. The Labute approximate surface area is 109 Å². The highest BCUT2D eigenvalue weighted by Gasteiger charge is 2.35. The number of hydrogen-bond donors (Lipinski definition) is 0. The fraction of sp³-hybridized carbons (Fsp3) is 0. The largest absolute Gasteiger partial charge is 0.387 e. The van der Waals surface area contributed by atoms with Gasteiger partial charge < -0.3 is 8.92 Å². The lowest BCUT2D eigenvalue weighted by Gasteiger charge is -2.00. The second kappa shape index (κ2) is 5.07. The summed E-state index contributed by atoms with van der Waals surface area (Å²) in [6.45, 7) is 0. The van der Waals surface area contributed by atoms with Gasteiger partial charge in [0.2, 0.25) is 0 Å². The monoisotopic (exact) mass is 280 g/mol. The maximum absolute atomic E-state index is 11.6. The molecule has 0 spiro atoms. The van der Waals surface area contributed by atoms with Crippen LogP contribution in [-0.2, 0) is 28.6 Å². The molecule has 0 aliphatic carbocycles. The van der Waals surface area contributed by atoms with Crippen molar-refractivity contribution in [2.75, 3.05) is 0 Å². The summed E-state index contributed by atoms with van der Waals surface area (Å²) >= 11 is 0. The molecule has 0 saturated heterocycles. The average molecular weight is 280 g/mol. The van der Waals surface area contributed by atoms with Gasteiger partial charge in [-0.05, 0) is 11.6 Å². The van der Waals surface area contributed by atoms with Gasteiger partial charge in [-0.25, -0.2) is 9.59 Å². The number of rotatable bonds is 4. The normalized spacial score (nSPS) is 15.5. The molecular formula is C12H8O6S. The lowest BCUT2D eigenvalue weighted by atomic mass is 10.2. The van der Waals surface area contributed by atoms with E-state index in [0.29, 0.717) is 6.08 Å². The van der Waals surface area contributed by atoms with E-state index in [-0.39, 0.29) is 0 Å². The maximum Gasteiger partial charge on any atom is 0.361 e. The van der Waals surface area contributed by atoms with Crippen molar-refractivity contribution in [2.24, 2.45) is 0 Å². The van der Waals surface area contributed by atoms with E-state index in [1.165, 1.54) is 6.08 Å². The third kappa shape index (κ3) is 3.08. The number of ether oxygens (including phenoxy) is 1. The molecule has 98 valence electrons. The number of carbonyl (C=O) groups is 2. The summed E-state index contributed by atoms with van der Waals surface area (Å²) in [7, 11) is -4.33. The maximum atomic E-state index is 11.6. The van der Waals surface area contributed by atoms with Gasteiger partial charge in [0.1, 0.15) is 6.26 Å². The van der Waals surface area contributed by atoms with Crippen molar-refractivity contribution in [2.45, 2.75) is 0 Å². The van der Waals surface area contributed by atoms with Gasteiger partial charge in [-0.15, -0.1) is 0 Å². The van der Waals surface area contributed by atoms with Crippen molar-refractivity contribution in [1.82, 2.24) is 0 Å². The highest BCUT2D eigenvalue weighted by atomic mass is 32.2. The molecule has 0 atom stereocenters. The van der Waals surface area contributed by atoms with E-state index in [4.69, 9.17) is 0 Å². The minimum Gasteiger partial charge on any atom is -0.387 e. The average Bonchev–Trinajstić information content (AvgIpc) is 2.70. The van der Waals surface area contributed by atoms with E-state index in [1.54, 1.807) is 30.3 Å². The molecule has 2 rings (SSSR count). The van der Waals surface area contributed by atoms with Crippen molar-refractivity contribution in [1.29, 1.82) is 0 Å². The summed E-state index contributed by atoms with van der Waals surface area (Å²) in [6.07, 6.45) is 2.90. The predicted octanol–water partition coefficient (Wildman–Crippen LogP) is 0.971. The molecule has 0 aromatic heterocycles. The van der Waals surface area contributed by atoms with Crippen LogP contribution in [0.4, 0.5) is 0 Å². The third-order valence-corrected chi connectivity index (χ3v) is 3.34. The molecule has 7 heteroatoms. The molecule has 0 saturated carbocycles. The van der Waals surface area contributed by atoms with Gasteiger partial charge in [-0.2, -0.15) is 8.42 Å². The SMILES string of the molecule is O=C1C=C(S(=O)(=O)OC=Cc2ccccc2)C(=O)O1. The fourth-order valence-corrected chi connectivity index (χ4v) is 2.10. The quantitative estimate of drug-likeness (QED) is 0.353. The second-order valence-electron chi connectivity index (χ2n) is 3.48. The molecule has 6 nitrogen and oxygen atoms in total. The number of cyclic esters (lactones) is 2. The number of carbonyl (C=O) groups excluding carboxylic acids is 2. The Balaban J connectivity index is 2.11. The molecule has 0 radical (unpaired) electrons. The third-order valence-electron chi connectivity index (χ3n) is 2.16. The van der Waals surface area contributed by atoms with Gasteiger partial charge >= 0.3 is 22.1 Å². The smallest absolute Gasteiger partial charge is 0.361 e. The van der Waals surface area contributed by atoms with Crippen molar-refractivity contribution < 1.29 is 26.9 Å². The molecule has 1 aromatic carbocycles. The van der Waals surface area contributed by atoms with Gasteiger partial charge in [0.25, 0.3) is 0 Å². The van der Waals surface area contributed by atoms with E-state index in [1.807, 2.05) is 0 Å². The minimum atomic E-state index is -4.33. The summed E-state index contributed by atoms with van der Waals surface area (Å²) < 4.78 is 31.7. The predicted molar refractivity (Wildman–Crippen MR) is 64.7 cm³/mol. The standard InChI is InChI=1S/C12H8O6S/c13-11-8-10(12(14)18-11)19(15,16)17-7-6-9-4-2-1-3-5-9/h1-8H. The van der Waals surface area contributed by atoms with Crippen LogP contribution in [0, 0.1) is 0 Å². The van der Waals surface area contributed by atoms with Crippen LogP contribution >= 0.6 is 0 Å². The van der Waals surface area contributed by atoms with E-state index in [9.17, 15) is 18.0 Å².